The molecule has 0 spiro atoms. The van der Waals surface area contributed by atoms with Crippen LogP contribution in [0.5, 0.6) is 0 Å². The Morgan fingerprint density at radius 1 is 1.33 bits per heavy atom. The van der Waals surface area contributed by atoms with Crippen molar-refractivity contribution in [2.24, 2.45) is 10.2 Å². The summed E-state index contributed by atoms with van der Waals surface area (Å²) in [5, 5.41) is 17.7. The first-order valence-electron chi connectivity index (χ1n) is 3.42. The zero-order chi connectivity index (χ0) is 8.55. The monoisotopic (exact) mass is 163 g/mol. The molecule has 1 aromatic carbocycles. The van der Waals surface area contributed by atoms with Crippen LogP contribution in [0.15, 0.2) is 34.5 Å². The zero-order valence-electron chi connectivity index (χ0n) is 6.04. The number of hydrogen-bond acceptors (Lipinski definition) is 4. The lowest BCUT2D eigenvalue weighted by atomic mass is 10.1. The van der Waals surface area contributed by atoms with Crippen molar-refractivity contribution in [2.45, 2.75) is 6.17 Å². The van der Waals surface area contributed by atoms with Crippen molar-refractivity contribution in [2.75, 3.05) is 0 Å². The van der Waals surface area contributed by atoms with E-state index in [2.05, 4.69) is 10.2 Å². The van der Waals surface area contributed by atoms with Gasteiger partial charge in [0.15, 0.2) is 0 Å². The molecule has 2 rings (SSSR count). The van der Waals surface area contributed by atoms with Gasteiger partial charge in [0.2, 0.25) is 6.17 Å². The summed E-state index contributed by atoms with van der Waals surface area (Å²) in [5.74, 6) is 0. The molecule has 0 fully saturated rings. The van der Waals surface area contributed by atoms with Crippen molar-refractivity contribution < 1.29 is 4.92 Å². The van der Waals surface area contributed by atoms with Gasteiger partial charge in [-0.1, -0.05) is 12.1 Å². The summed E-state index contributed by atoms with van der Waals surface area (Å²) in [6, 6.07) is 6.50. The molecule has 0 N–H and O–H groups in total. The van der Waals surface area contributed by atoms with Gasteiger partial charge in [-0.3, -0.25) is 10.1 Å². The highest BCUT2D eigenvalue weighted by Gasteiger charge is 2.26. The minimum Gasteiger partial charge on any atom is -0.258 e. The third-order valence-electron chi connectivity index (χ3n) is 1.64. The largest absolute Gasteiger partial charge is 0.276 e. The number of nitrogens with zero attached hydrogens (tertiary/aromatic N) is 3. The predicted octanol–water partition coefficient (Wildman–Crippen LogP) is 2.06. The van der Waals surface area contributed by atoms with Gasteiger partial charge in [-0.2, -0.15) is 10.2 Å². The molecule has 5 heteroatoms. The minimum absolute atomic E-state index is 0.0903. The molecule has 1 aliphatic heterocycles. The fraction of sp³-hybridized carbons (Fsp3) is 0.143. The van der Waals surface area contributed by atoms with E-state index in [0.29, 0.717) is 5.56 Å². The van der Waals surface area contributed by atoms with Crippen molar-refractivity contribution in [1.82, 2.24) is 0 Å². The molecule has 1 aliphatic rings. The van der Waals surface area contributed by atoms with E-state index < -0.39 is 4.92 Å². The maximum Gasteiger partial charge on any atom is 0.276 e. The van der Waals surface area contributed by atoms with Crippen molar-refractivity contribution in [3.05, 3.63) is 39.9 Å². The highest BCUT2D eigenvalue weighted by molar-refractivity contribution is 5.42. The van der Waals surface area contributed by atoms with E-state index in [9.17, 15) is 10.1 Å². The van der Waals surface area contributed by atoms with Crippen LogP contribution in [-0.2, 0) is 0 Å². The van der Waals surface area contributed by atoms with Crippen LogP contribution in [0.3, 0.4) is 0 Å². The molecule has 1 aromatic rings. The van der Waals surface area contributed by atoms with Gasteiger partial charge in [0, 0.05) is 6.07 Å². The molecular weight excluding hydrogens is 158 g/mol. The number of nitro benzene ring substituents is 1. The second-order valence-electron chi connectivity index (χ2n) is 2.42. The van der Waals surface area contributed by atoms with Crippen LogP contribution in [-0.4, -0.2) is 4.92 Å². The van der Waals surface area contributed by atoms with Crippen molar-refractivity contribution in [1.29, 1.82) is 0 Å². The third-order valence-corrected chi connectivity index (χ3v) is 1.64. The van der Waals surface area contributed by atoms with E-state index in [4.69, 9.17) is 0 Å². The SMILES string of the molecule is O=[N+]([O-])c1ccccc1C1N=N1. The Balaban J connectivity index is 2.44. The summed E-state index contributed by atoms with van der Waals surface area (Å²) in [6.45, 7) is 0. The van der Waals surface area contributed by atoms with Crippen LogP contribution in [0, 0.1) is 10.1 Å². The van der Waals surface area contributed by atoms with E-state index in [-0.39, 0.29) is 11.9 Å². The molecule has 0 saturated carbocycles. The van der Waals surface area contributed by atoms with Crippen LogP contribution >= 0.6 is 0 Å². The van der Waals surface area contributed by atoms with E-state index in [1.807, 2.05) is 0 Å². The molecule has 0 aromatic heterocycles. The highest BCUT2D eigenvalue weighted by Crippen LogP contribution is 2.36. The second kappa shape index (κ2) is 2.37. The van der Waals surface area contributed by atoms with Gasteiger partial charge < -0.3 is 0 Å². The summed E-state index contributed by atoms with van der Waals surface area (Å²) in [6.07, 6.45) is -0.299. The van der Waals surface area contributed by atoms with Gasteiger partial charge in [0.25, 0.3) is 5.69 Å². The Bertz CT molecular complexity index is 355. The lowest BCUT2D eigenvalue weighted by Gasteiger charge is -1.95. The lowest BCUT2D eigenvalue weighted by Crippen LogP contribution is -1.93. The highest BCUT2D eigenvalue weighted by atomic mass is 16.6. The van der Waals surface area contributed by atoms with Gasteiger partial charge in [-0.05, 0) is 6.07 Å². The van der Waals surface area contributed by atoms with Crippen molar-refractivity contribution in [3.8, 4) is 0 Å². The first-order chi connectivity index (χ1) is 5.79. The molecule has 1 heterocycles. The molecule has 0 radical (unpaired) electrons. The van der Waals surface area contributed by atoms with E-state index >= 15 is 0 Å². The fourth-order valence-electron chi connectivity index (χ4n) is 1.03. The summed E-state index contributed by atoms with van der Waals surface area (Å²) >= 11 is 0. The van der Waals surface area contributed by atoms with Crippen LogP contribution in [0.4, 0.5) is 5.69 Å². The first-order valence-corrected chi connectivity index (χ1v) is 3.42. The fourth-order valence-corrected chi connectivity index (χ4v) is 1.03. The number of rotatable bonds is 2. The van der Waals surface area contributed by atoms with Crippen molar-refractivity contribution >= 4 is 5.69 Å². The van der Waals surface area contributed by atoms with Gasteiger partial charge in [-0.15, -0.1) is 0 Å². The Morgan fingerprint density at radius 2 is 2.00 bits per heavy atom. The minimum atomic E-state index is -0.418. The molecular formula is C7H5N3O2. The number of nitro groups is 1. The molecule has 0 bridgehead atoms. The smallest absolute Gasteiger partial charge is 0.258 e. The lowest BCUT2D eigenvalue weighted by molar-refractivity contribution is -0.385. The molecule has 0 aliphatic carbocycles. The van der Waals surface area contributed by atoms with Gasteiger partial charge >= 0.3 is 0 Å². The molecule has 5 nitrogen and oxygen atoms in total. The van der Waals surface area contributed by atoms with Crippen LogP contribution in [0.2, 0.25) is 0 Å². The molecule has 0 saturated heterocycles. The van der Waals surface area contributed by atoms with E-state index in [1.165, 1.54) is 6.07 Å². The van der Waals surface area contributed by atoms with Gasteiger partial charge in [0.1, 0.15) is 0 Å². The zero-order valence-corrected chi connectivity index (χ0v) is 6.04. The molecule has 0 amide bonds. The molecule has 12 heavy (non-hydrogen) atoms. The summed E-state index contributed by atoms with van der Waals surface area (Å²) in [5.41, 5.74) is 0.662. The van der Waals surface area contributed by atoms with Crippen molar-refractivity contribution in [3.63, 3.8) is 0 Å². The molecule has 0 unspecified atom stereocenters. The standard InChI is InChI=1S/C7H5N3O2/c11-10(12)6-4-2-1-3-5(6)7-8-9-7/h1-4,7H. The molecule has 0 atom stereocenters. The predicted molar refractivity (Wildman–Crippen MR) is 40.7 cm³/mol. The average molecular weight is 163 g/mol. The second-order valence-corrected chi connectivity index (χ2v) is 2.42. The third kappa shape index (κ3) is 1.05. The quantitative estimate of drug-likeness (QED) is 0.494. The van der Waals surface area contributed by atoms with Crippen LogP contribution in [0.25, 0.3) is 0 Å². The number of hydrogen-bond donors (Lipinski definition) is 0. The number of benzene rings is 1. The number of para-hydroxylation sites is 1. The Kier molecular flexibility index (Phi) is 1.36. The normalized spacial score (nSPS) is 14.7. The van der Waals surface area contributed by atoms with Gasteiger partial charge in [-0.25, -0.2) is 0 Å². The maximum absolute atomic E-state index is 10.5. The molecule has 60 valence electrons. The van der Waals surface area contributed by atoms with Gasteiger partial charge in [0.05, 0.1) is 10.5 Å². The topological polar surface area (TPSA) is 67.9 Å². The first kappa shape index (κ1) is 6.90. The van der Waals surface area contributed by atoms with Crippen LogP contribution < -0.4 is 0 Å². The Morgan fingerprint density at radius 3 is 2.58 bits per heavy atom. The van der Waals surface area contributed by atoms with E-state index in [1.54, 1.807) is 18.2 Å². The average Bonchev–Trinajstić information content (AvgIpc) is 2.87. The van der Waals surface area contributed by atoms with E-state index in [0.717, 1.165) is 0 Å². The summed E-state index contributed by atoms with van der Waals surface area (Å²) in [4.78, 5) is 10.1. The van der Waals surface area contributed by atoms with Crippen LogP contribution in [0.1, 0.15) is 11.7 Å². The summed E-state index contributed by atoms with van der Waals surface area (Å²) in [7, 11) is 0. The Labute approximate surface area is 67.9 Å². The Hall–Kier alpha value is -1.78. The summed E-state index contributed by atoms with van der Waals surface area (Å²) < 4.78 is 0. The maximum atomic E-state index is 10.5.